The van der Waals surface area contributed by atoms with Gasteiger partial charge in [-0.2, -0.15) is 0 Å². The molecule has 1 aromatic heterocycles. The lowest BCUT2D eigenvalue weighted by molar-refractivity contribution is 0.118. The minimum Gasteiger partial charge on any atom is -0.392 e. The van der Waals surface area contributed by atoms with E-state index in [1.807, 2.05) is 25.1 Å². The van der Waals surface area contributed by atoms with Gasteiger partial charge in [0, 0.05) is 24.5 Å². The summed E-state index contributed by atoms with van der Waals surface area (Å²) in [7, 11) is 0. The summed E-state index contributed by atoms with van der Waals surface area (Å²) >= 11 is 13.8. The van der Waals surface area contributed by atoms with Gasteiger partial charge in [-0.1, -0.05) is 29.3 Å². The van der Waals surface area contributed by atoms with Crippen molar-refractivity contribution in [2.24, 2.45) is 0 Å². The summed E-state index contributed by atoms with van der Waals surface area (Å²) in [6.45, 7) is 6.11. The van der Waals surface area contributed by atoms with E-state index in [1.165, 1.54) is 10.4 Å². The molecule has 2 rings (SSSR count). The third-order valence-electron chi connectivity index (χ3n) is 3.25. The Balaban J connectivity index is 2.12. The van der Waals surface area contributed by atoms with Crippen molar-refractivity contribution in [2.75, 3.05) is 6.54 Å². The van der Waals surface area contributed by atoms with Crippen LogP contribution in [0.2, 0.25) is 10.0 Å². The van der Waals surface area contributed by atoms with Gasteiger partial charge in [0.05, 0.1) is 16.1 Å². The molecule has 0 saturated carbocycles. The summed E-state index contributed by atoms with van der Waals surface area (Å²) < 4.78 is 0. The van der Waals surface area contributed by atoms with Crippen molar-refractivity contribution >= 4 is 34.5 Å². The zero-order chi connectivity index (χ0) is 15.4. The molecule has 1 heterocycles. The molecule has 1 N–H and O–H groups in total. The number of halogens is 2. The van der Waals surface area contributed by atoms with Crippen LogP contribution < -0.4 is 0 Å². The molecule has 114 valence electrons. The number of hydrogen-bond donors (Lipinski definition) is 1. The molecule has 0 saturated heterocycles. The second kappa shape index (κ2) is 7.61. The largest absolute Gasteiger partial charge is 0.392 e. The van der Waals surface area contributed by atoms with Gasteiger partial charge in [0.2, 0.25) is 0 Å². The van der Waals surface area contributed by atoms with Crippen LogP contribution in [-0.2, 0) is 13.1 Å². The average molecular weight is 344 g/mol. The minimum atomic E-state index is -0.368. The van der Waals surface area contributed by atoms with Crippen LogP contribution >= 0.6 is 34.5 Å². The monoisotopic (exact) mass is 343 g/mol. The van der Waals surface area contributed by atoms with Gasteiger partial charge < -0.3 is 5.11 Å². The van der Waals surface area contributed by atoms with Crippen LogP contribution in [0.4, 0.5) is 0 Å². The summed E-state index contributed by atoms with van der Waals surface area (Å²) in [6, 6.07) is 7.81. The van der Waals surface area contributed by atoms with Crippen molar-refractivity contribution in [3.05, 3.63) is 55.7 Å². The summed E-state index contributed by atoms with van der Waals surface area (Å²) in [6.07, 6.45) is -0.368. The van der Waals surface area contributed by atoms with Gasteiger partial charge in [0.25, 0.3) is 0 Å². The summed E-state index contributed by atoms with van der Waals surface area (Å²) in [5, 5.41) is 12.9. The number of hydrogen-bond acceptors (Lipinski definition) is 3. The Kier molecular flexibility index (Phi) is 6.08. The number of aliphatic hydroxyl groups is 1. The number of benzene rings is 1. The first-order valence-electron chi connectivity index (χ1n) is 6.83. The third-order valence-corrected chi connectivity index (χ3v) is 4.99. The first-order chi connectivity index (χ1) is 9.95. The fourth-order valence-corrected chi connectivity index (χ4v) is 3.49. The normalized spacial score (nSPS) is 12.9. The molecular formula is C16H19Cl2NOS. The van der Waals surface area contributed by atoms with Gasteiger partial charge in [-0.15, -0.1) is 11.3 Å². The zero-order valence-electron chi connectivity index (χ0n) is 12.1. The SMILES string of the molecule is Cc1ccsc1CN(Cc1ccc(Cl)c(Cl)c1)CC(C)O. The highest BCUT2D eigenvalue weighted by Crippen LogP contribution is 2.24. The van der Waals surface area contributed by atoms with E-state index in [9.17, 15) is 5.11 Å². The molecule has 2 nitrogen and oxygen atoms in total. The molecule has 2 aromatic rings. The van der Waals surface area contributed by atoms with Crippen LogP contribution in [0.5, 0.6) is 0 Å². The van der Waals surface area contributed by atoms with Crippen molar-refractivity contribution in [1.82, 2.24) is 4.90 Å². The second-order valence-electron chi connectivity index (χ2n) is 5.29. The maximum absolute atomic E-state index is 9.71. The number of aliphatic hydroxyl groups excluding tert-OH is 1. The molecule has 0 aliphatic rings. The molecule has 0 spiro atoms. The van der Waals surface area contributed by atoms with Crippen molar-refractivity contribution < 1.29 is 5.11 Å². The Morgan fingerprint density at radius 1 is 1.19 bits per heavy atom. The molecule has 0 fully saturated rings. The van der Waals surface area contributed by atoms with Gasteiger partial charge >= 0.3 is 0 Å². The molecule has 1 unspecified atom stereocenters. The Morgan fingerprint density at radius 2 is 1.95 bits per heavy atom. The van der Waals surface area contributed by atoms with Gasteiger partial charge in [0.1, 0.15) is 0 Å². The smallest absolute Gasteiger partial charge is 0.0639 e. The predicted octanol–water partition coefficient (Wildman–Crippen LogP) is 4.75. The van der Waals surface area contributed by atoms with Crippen molar-refractivity contribution in [1.29, 1.82) is 0 Å². The Labute approximate surface area is 139 Å². The number of nitrogens with zero attached hydrogens (tertiary/aromatic N) is 1. The Hall–Kier alpha value is -0.580. The lowest BCUT2D eigenvalue weighted by atomic mass is 10.2. The molecular weight excluding hydrogens is 325 g/mol. The summed E-state index contributed by atoms with van der Waals surface area (Å²) in [4.78, 5) is 3.55. The lowest BCUT2D eigenvalue weighted by Crippen LogP contribution is -2.30. The van der Waals surface area contributed by atoms with E-state index in [1.54, 1.807) is 11.3 Å². The van der Waals surface area contributed by atoms with Gasteiger partial charge in [-0.05, 0) is 48.6 Å². The predicted molar refractivity (Wildman–Crippen MR) is 91.3 cm³/mol. The zero-order valence-corrected chi connectivity index (χ0v) is 14.5. The van der Waals surface area contributed by atoms with Crippen LogP contribution in [0.25, 0.3) is 0 Å². The fourth-order valence-electron chi connectivity index (χ4n) is 2.22. The highest BCUT2D eigenvalue weighted by Gasteiger charge is 2.13. The van der Waals surface area contributed by atoms with Crippen LogP contribution in [0.1, 0.15) is 22.9 Å². The molecule has 5 heteroatoms. The van der Waals surface area contributed by atoms with Gasteiger partial charge in [-0.25, -0.2) is 0 Å². The van der Waals surface area contributed by atoms with Gasteiger partial charge in [-0.3, -0.25) is 4.90 Å². The Bertz CT molecular complexity index is 598. The van der Waals surface area contributed by atoms with Crippen LogP contribution in [0, 0.1) is 6.92 Å². The highest BCUT2D eigenvalue weighted by atomic mass is 35.5. The molecule has 21 heavy (non-hydrogen) atoms. The van der Waals surface area contributed by atoms with Crippen LogP contribution in [0.3, 0.4) is 0 Å². The van der Waals surface area contributed by atoms with E-state index in [2.05, 4.69) is 23.3 Å². The molecule has 0 aliphatic heterocycles. The summed E-state index contributed by atoms with van der Waals surface area (Å²) in [5.41, 5.74) is 2.39. The summed E-state index contributed by atoms with van der Waals surface area (Å²) in [5.74, 6) is 0. The number of thiophene rings is 1. The van der Waals surface area contributed by atoms with E-state index >= 15 is 0 Å². The molecule has 1 aromatic carbocycles. The first-order valence-corrected chi connectivity index (χ1v) is 8.46. The fraction of sp³-hybridized carbons (Fsp3) is 0.375. The Morgan fingerprint density at radius 3 is 2.52 bits per heavy atom. The maximum Gasteiger partial charge on any atom is 0.0639 e. The van der Waals surface area contributed by atoms with Crippen molar-refractivity contribution in [2.45, 2.75) is 33.0 Å². The van der Waals surface area contributed by atoms with E-state index in [4.69, 9.17) is 23.2 Å². The van der Waals surface area contributed by atoms with Crippen LogP contribution in [0.15, 0.2) is 29.6 Å². The van der Waals surface area contributed by atoms with E-state index in [-0.39, 0.29) is 6.10 Å². The second-order valence-corrected chi connectivity index (χ2v) is 7.11. The van der Waals surface area contributed by atoms with Crippen LogP contribution in [-0.4, -0.2) is 22.7 Å². The number of rotatable bonds is 6. The van der Waals surface area contributed by atoms with E-state index in [0.29, 0.717) is 16.6 Å². The molecule has 0 aliphatic carbocycles. The molecule has 1 atom stereocenters. The topological polar surface area (TPSA) is 23.5 Å². The van der Waals surface area contributed by atoms with Gasteiger partial charge in [0.15, 0.2) is 0 Å². The standard InChI is InChI=1S/C16H19Cl2NOS/c1-11-5-6-21-16(11)10-19(8-12(2)20)9-13-3-4-14(17)15(18)7-13/h3-7,12,20H,8-10H2,1-2H3. The first kappa shape index (κ1) is 16.8. The lowest BCUT2D eigenvalue weighted by Gasteiger charge is -2.24. The minimum absolute atomic E-state index is 0.368. The van der Waals surface area contributed by atoms with E-state index < -0.39 is 0 Å². The van der Waals surface area contributed by atoms with Crippen molar-refractivity contribution in [3.63, 3.8) is 0 Å². The molecule has 0 radical (unpaired) electrons. The molecule has 0 bridgehead atoms. The average Bonchev–Trinajstić information content (AvgIpc) is 2.79. The third kappa shape index (κ3) is 4.97. The maximum atomic E-state index is 9.71. The van der Waals surface area contributed by atoms with Crippen molar-refractivity contribution in [3.8, 4) is 0 Å². The van der Waals surface area contributed by atoms with E-state index in [0.717, 1.165) is 18.7 Å². The highest BCUT2D eigenvalue weighted by molar-refractivity contribution is 7.10. The number of aryl methyl sites for hydroxylation is 1. The molecule has 0 amide bonds. The quantitative estimate of drug-likeness (QED) is 0.818.